The molecule has 2 aromatic carbocycles. The van der Waals surface area contributed by atoms with E-state index in [1.807, 2.05) is 12.1 Å². The first-order valence-electron chi connectivity index (χ1n) is 10.9. The van der Waals surface area contributed by atoms with Crippen LogP contribution in [0.4, 0.5) is 17.1 Å². The molecule has 172 valence electrons. The summed E-state index contributed by atoms with van der Waals surface area (Å²) in [5, 5.41) is 3.55. The first-order valence-corrected chi connectivity index (χ1v) is 12.8. The predicted octanol–water partition coefficient (Wildman–Crippen LogP) is 4.04. The number of nitrogens with zero attached hydrogens (tertiary/aromatic N) is 3. The number of sulfonamides is 1. The van der Waals surface area contributed by atoms with Gasteiger partial charge in [0.1, 0.15) is 0 Å². The monoisotopic (exact) mass is 476 g/mol. The number of hydrogen-bond donors (Lipinski definition) is 1. The van der Waals surface area contributed by atoms with E-state index in [4.69, 9.17) is 11.6 Å². The Kier molecular flexibility index (Phi) is 6.65. The second kappa shape index (κ2) is 9.29. The van der Waals surface area contributed by atoms with E-state index in [0.29, 0.717) is 16.3 Å². The maximum absolute atomic E-state index is 13.5. The average molecular weight is 477 g/mol. The fourth-order valence-corrected chi connectivity index (χ4v) is 5.43. The number of amides is 1. The zero-order chi connectivity index (χ0) is 22.9. The summed E-state index contributed by atoms with van der Waals surface area (Å²) in [4.78, 5) is 18.0. The molecule has 0 saturated carbocycles. The Hall–Kier alpha value is -2.29. The second-order valence-corrected chi connectivity index (χ2v) is 11.1. The number of halogens is 1. The summed E-state index contributed by atoms with van der Waals surface area (Å²) in [6.07, 6.45) is 4.32. The summed E-state index contributed by atoms with van der Waals surface area (Å²) in [5.41, 5.74) is 2.67. The fourth-order valence-electron chi connectivity index (χ4n) is 4.33. The summed E-state index contributed by atoms with van der Waals surface area (Å²) >= 11 is 6.24. The van der Waals surface area contributed by atoms with Gasteiger partial charge in [-0.15, -0.1) is 0 Å². The lowest BCUT2D eigenvalue weighted by Crippen LogP contribution is -2.26. The Labute approximate surface area is 195 Å². The summed E-state index contributed by atoms with van der Waals surface area (Å²) < 4.78 is 26.6. The summed E-state index contributed by atoms with van der Waals surface area (Å²) in [6, 6.07) is 10.3. The van der Waals surface area contributed by atoms with E-state index in [1.165, 1.54) is 20.2 Å². The van der Waals surface area contributed by atoms with Gasteiger partial charge >= 0.3 is 0 Å². The quantitative estimate of drug-likeness (QED) is 0.681. The number of rotatable bonds is 6. The van der Waals surface area contributed by atoms with Gasteiger partial charge < -0.3 is 15.1 Å². The molecule has 0 aliphatic carbocycles. The molecule has 2 aliphatic rings. The van der Waals surface area contributed by atoms with Crippen molar-refractivity contribution in [1.29, 1.82) is 0 Å². The number of carbonyl (C=O) groups is 1. The summed E-state index contributed by atoms with van der Waals surface area (Å²) in [7, 11) is -0.701. The highest BCUT2D eigenvalue weighted by Gasteiger charge is 2.26. The zero-order valence-corrected chi connectivity index (χ0v) is 20.0. The van der Waals surface area contributed by atoms with Gasteiger partial charge in [0.15, 0.2) is 0 Å². The second-order valence-electron chi connectivity index (χ2n) is 8.47. The molecular weight excluding hydrogens is 448 g/mol. The molecular formula is C23H29ClN4O3S. The maximum atomic E-state index is 13.5. The number of benzene rings is 2. The van der Waals surface area contributed by atoms with E-state index in [2.05, 4.69) is 15.1 Å². The molecule has 0 radical (unpaired) electrons. The molecule has 2 aliphatic heterocycles. The van der Waals surface area contributed by atoms with Crippen molar-refractivity contribution in [2.45, 2.75) is 30.6 Å². The minimum atomic E-state index is -3.67. The Morgan fingerprint density at radius 3 is 2.06 bits per heavy atom. The van der Waals surface area contributed by atoms with Crippen LogP contribution in [0.15, 0.2) is 41.3 Å². The maximum Gasteiger partial charge on any atom is 0.257 e. The van der Waals surface area contributed by atoms with Crippen LogP contribution in [0.2, 0.25) is 5.02 Å². The van der Waals surface area contributed by atoms with Crippen molar-refractivity contribution in [3.8, 4) is 0 Å². The minimum Gasteiger partial charge on any atom is -0.371 e. The lowest BCUT2D eigenvalue weighted by molar-refractivity contribution is 0.102. The van der Waals surface area contributed by atoms with Crippen molar-refractivity contribution < 1.29 is 13.2 Å². The van der Waals surface area contributed by atoms with Gasteiger partial charge in [-0.05, 0) is 62.1 Å². The Bertz CT molecular complexity index is 1110. The highest BCUT2D eigenvalue weighted by molar-refractivity contribution is 7.89. The van der Waals surface area contributed by atoms with Gasteiger partial charge in [-0.3, -0.25) is 4.79 Å². The molecule has 4 rings (SSSR count). The Morgan fingerprint density at radius 2 is 1.47 bits per heavy atom. The fraction of sp³-hybridized carbons (Fsp3) is 0.435. The number of nitrogens with one attached hydrogen (secondary N) is 1. The molecule has 7 nitrogen and oxygen atoms in total. The van der Waals surface area contributed by atoms with E-state index in [0.717, 1.165) is 67.5 Å². The average Bonchev–Trinajstić information content (AvgIpc) is 3.48. The number of hydrogen-bond acceptors (Lipinski definition) is 5. The van der Waals surface area contributed by atoms with Crippen LogP contribution in [0, 0.1) is 0 Å². The smallest absolute Gasteiger partial charge is 0.257 e. The van der Waals surface area contributed by atoms with Crippen LogP contribution in [-0.4, -0.2) is 58.9 Å². The van der Waals surface area contributed by atoms with Crippen molar-refractivity contribution >= 4 is 44.6 Å². The van der Waals surface area contributed by atoms with E-state index in [9.17, 15) is 13.2 Å². The Balaban J connectivity index is 1.73. The van der Waals surface area contributed by atoms with E-state index >= 15 is 0 Å². The van der Waals surface area contributed by atoms with Crippen LogP contribution in [-0.2, 0) is 10.0 Å². The highest BCUT2D eigenvalue weighted by Crippen LogP contribution is 2.34. The van der Waals surface area contributed by atoms with Crippen molar-refractivity contribution in [2.24, 2.45) is 0 Å². The standard InChI is InChI=1S/C23H29ClN4O3S/c1-26(2)32(30,31)18-8-10-21(27-11-3-4-12-27)19(16-18)23(29)25-20-15-17(24)7-9-22(20)28-13-5-6-14-28/h7-10,15-16H,3-6,11-14H2,1-2H3,(H,25,29). The van der Waals surface area contributed by atoms with Crippen LogP contribution in [0.3, 0.4) is 0 Å². The van der Waals surface area contributed by atoms with Crippen LogP contribution in [0.25, 0.3) is 0 Å². The highest BCUT2D eigenvalue weighted by atomic mass is 35.5. The molecule has 0 unspecified atom stereocenters. The largest absolute Gasteiger partial charge is 0.371 e. The van der Waals surface area contributed by atoms with Crippen LogP contribution in [0.1, 0.15) is 36.0 Å². The molecule has 0 spiro atoms. The van der Waals surface area contributed by atoms with Crippen LogP contribution < -0.4 is 15.1 Å². The third-order valence-corrected chi connectivity index (χ3v) is 8.14. The van der Waals surface area contributed by atoms with Crippen molar-refractivity contribution in [1.82, 2.24) is 4.31 Å². The molecule has 32 heavy (non-hydrogen) atoms. The van der Waals surface area contributed by atoms with Gasteiger partial charge in [0.25, 0.3) is 5.91 Å². The van der Waals surface area contributed by atoms with Crippen molar-refractivity contribution in [2.75, 3.05) is 55.4 Å². The molecule has 1 amide bonds. The van der Waals surface area contributed by atoms with Gasteiger partial charge in [-0.2, -0.15) is 0 Å². The normalized spacial score (nSPS) is 16.8. The molecule has 2 heterocycles. The van der Waals surface area contributed by atoms with Crippen LogP contribution >= 0.6 is 11.6 Å². The molecule has 2 saturated heterocycles. The van der Waals surface area contributed by atoms with E-state index in [-0.39, 0.29) is 10.8 Å². The molecule has 0 bridgehead atoms. The number of anilines is 3. The zero-order valence-electron chi connectivity index (χ0n) is 18.5. The number of carbonyl (C=O) groups excluding carboxylic acids is 1. The van der Waals surface area contributed by atoms with Crippen molar-refractivity contribution in [3.63, 3.8) is 0 Å². The molecule has 2 fully saturated rings. The van der Waals surface area contributed by atoms with E-state index < -0.39 is 10.0 Å². The van der Waals surface area contributed by atoms with Gasteiger partial charge in [-0.25, -0.2) is 12.7 Å². The topological polar surface area (TPSA) is 73.0 Å². The van der Waals surface area contributed by atoms with E-state index in [1.54, 1.807) is 18.2 Å². The Morgan fingerprint density at radius 1 is 0.906 bits per heavy atom. The minimum absolute atomic E-state index is 0.0986. The molecule has 0 aromatic heterocycles. The predicted molar refractivity (Wildman–Crippen MR) is 130 cm³/mol. The van der Waals surface area contributed by atoms with Gasteiger partial charge in [-0.1, -0.05) is 11.6 Å². The first-order chi connectivity index (χ1) is 15.3. The summed E-state index contributed by atoms with van der Waals surface area (Å²) in [6.45, 7) is 3.55. The lowest BCUT2D eigenvalue weighted by atomic mass is 10.1. The first kappa shape index (κ1) is 22.9. The molecule has 0 atom stereocenters. The van der Waals surface area contributed by atoms with Crippen LogP contribution in [0.5, 0.6) is 0 Å². The molecule has 9 heteroatoms. The van der Waals surface area contributed by atoms with Crippen molar-refractivity contribution in [3.05, 3.63) is 47.0 Å². The molecule has 1 N–H and O–H groups in total. The third kappa shape index (κ3) is 4.58. The third-order valence-electron chi connectivity index (χ3n) is 6.09. The lowest BCUT2D eigenvalue weighted by Gasteiger charge is -2.24. The summed E-state index contributed by atoms with van der Waals surface area (Å²) in [5.74, 6) is -0.342. The molecule has 2 aromatic rings. The van der Waals surface area contributed by atoms with Gasteiger partial charge in [0, 0.05) is 51.0 Å². The van der Waals surface area contributed by atoms with Gasteiger partial charge in [0.05, 0.1) is 21.8 Å². The van der Waals surface area contributed by atoms with Gasteiger partial charge in [0.2, 0.25) is 10.0 Å². The SMILES string of the molecule is CN(C)S(=O)(=O)c1ccc(N2CCCC2)c(C(=O)Nc2cc(Cl)ccc2N2CCCC2)c1.